The summed E-state index contributed by atoms with van der Waals surface area (Å²) in [6.45, 7) is 6.22. The second kappa shape index (κ2) is 7.69. The van der Waals surface area contributed by atoms with Crippen molar-refractivity contribution in [1.29, 1.82) is 0 Å². The molecule has 0 radical (unpaired) electrons. The third kappa shape index (κ3) is 3.83. The van der Waals surface area contributed by atoms with E-state index in [2.05, 4.69) is 42.0 Å². The SMILES string of the molecule is CC(C)c1cc(N2CCC([C@H](O)Cc3ccccc3)CC2)n2nccc2n1. The highest BCUT2D eigenvalue weighted by molar-refractivity contribution is 5.51. The number of rotatable bonds is 5. The van der Waals surface area contributed by atoms with Gasteiger partial charge in [0.15, 0.2) is 5.65 Å². The molecule has 1 aliphatic rings. The third-order valence-electron chi connectivity index (χ3n) is 5.65. The Kier molecular flexibility index (Phi) is 5.12. The molecular weight excluding hydrogens is 336 g/mol. The zero-order chi connectivity index (χ0) is 18.8. The van der Waals surface area contributed by atoms with E-state index in [1.165, 1.54) is 5.56 Å². The molecule has 0 bridgehead atoms. The zero-order valence-corrected chi connectivity index (χ0v) is 16.1. The van der Waals surface area contributed by atoms with Crippen LogP contribution in [0.4, 0.5) is 5.82 Å². The van der Waals surface area contributed by atoms with Crippen LogP contribution in [0, 0.1) is 5.92 Å². The molecular formula is C22H28N4O. The summed E-state index contributed by atoms with van der Waals surface area (Å²) in [6.07, 6.45) is 4.27. The fraction of sp³-hybridized carbons (Fsp3) is 0.455. The van der Waals surface area contributed by atoms with Crippen LogP contribution < -0.4 is 4.90 Å². The standard InChI is InChI=1S/C22H28N4O/c1-16(2)19-15-22(26-21(24-19)8-11-23-26)25-12-9-18(10-13-25)20(27)14-17-6-4-3-5-7-17/h3-8,11,15-16,18,20,27H,9-10,12-14H2,1-2H3/t20-/m1/s1. The van der Waals surface area contributed by atoms with Crippen LogP contribution in [0.3, 0.4) is 0 Å². The smallest absolute Gasteiger partial charge is 0.157 e. The minimum Gasteiger partial charge on any atom is -0.392 e. The number of piperidine rings is 1. The number of anilines is 1. The third-order valence-corrected chi connectivity index (χ3v) is 5.65. The van der Waals surface area contributed by atoms with Gasteiger partial charge in [-0.3, -0.25) is 0 Å². The number of nitrogens with zero attached hydrogens (tertiary/aromatic N) is 4. The molecule has 1 saturated heterocycles. The first kappa shape index (κ1) is 18.0. The van der Waals surface area contributed by atoms with Crippen LogP contribution in [0.5, 0.6) is 0 Å². The lowest BCUT2D eigenvalue weighted by Gasteiger charge is -2.35. The Bertz CT molecular complexity index is 882. The summed E-state index contributed by atoms with van der Waals surface area (Å²) in [5, 5.41) is 15.2. The van der Waals surface area contributed by atoms with Crippen molar-refractivity contribution in [2.75, 3.05) is 18.0 Å². The van der Waals surface area contributed by atoms with Crippen molar-refractivity contribution < 1.29 is 5.11 Å². The van der Waals surface area contributed by atoms with Gasteiger partial charge in [-0.25, -0.2) is 4.98 Å². The van der Waals surface area contributed by atoms with E-state index >= 15 is 0 Å². The second-order valence-electron chi connectivity index (χ2n) is 7.88. The Hall–Kier alpha value is -2.40. The van der Waals surface area contributed by atoms with Crippen LogP contribution in [-0.4, -0.2) is 38.9 Å². The molecule has 142 valence electrons. The van der Waals surface area contributed by atoms with Crippen molar-refractivity contribution in [2.45, 2.75) is 45.1 Å². The largest absolute Gasteiger partial charge is 0.392 e. The first-order chi connectivity index (χ1) is 13.1. The van der Waals surface area contributed by atoms with Gasteiger partial charge in [0, 0.05) is 30.9 Å². The van der Waals surface area contributed by atoms with Gasteiger partial charge >= 0.3 is 0 Å². The van der Waals surface area contributed by atoms with Gasteiger partial charge in [0.1, 0.15) is 5.82 Å². The Morgan fingerprint density at radius 3 is 2.56 bits per heavy atom. The van der Waals surface area contributed by atoms with Gasteiger partial charge in [0.05, 0.1) is 12.3 Å². The molecule has 0 aliphatic carbocycles. The Morgan fingerprint density at radius 1 is 1.11 bits per heavy atom. The number of aromatic nitrogens is 3. The molecule has 5 nitrogen and oxygen atoms in total. The van der Waals surface area contributed by atoms with Crippen LogP contribution in [0.1, 0.15) is 43.9 Å². The molecule has 0 unspecified atom stereocenters. The van der Waals surface area contributed by atoms with E-state index in [1.807, 2.05) is 35.0 Å². The van der Waals surface area contributed by atoms with E-state index in [9.17, 15) is 5.11 Å². The second-order valence-corrected chi connectivity index (χ2v) is 7.88. The van der Waals surface area contributed by atoms with Crippen LogP contribution in [0.15, 0.2) is 48.7 Å². The molecule has 1 atom stereocenters. The van der Waals surface area contributed by atoms with Gasteiger partial charge in [-0.2, -0.15) is 9.61 Å². The zero-order valence-electron chi connectivity index (χ0n) is 16.1. The predicted molar refractivity (Wildman–Crippen MR) is 108 cm³/mol. The molecule has 0 amide bonds. The molecule has 3 aromatic rings. The summed E-state index contributed by atoms with van der Waals surface area (Å²) in [5.74, 6) is 1.85. The predicted octanol–water partition coefficient (Wildman–Crippen LogP) is 3.67. The summed E-state index contributed by atoms with van der Waals surface area (Å²) in [6, 6.07) is 14.4. The van der Waals surface area contributed by atoms with E-state index < -0.39 is 0 Å². The molecule has 4 rings (SSSR count). The highest BCUT2D eigenvalue weighted by atomic mass is 16.3. The van der Waals surface area contributed by atoms with E-state index in [1.54, 1.807) is 0 Å². The van der Waals surface area contributed by atoms with Crippen LogP contribution in [-0.2, 0) is 6.42 Å². The summed E-state index contributed by atoms with van der Waals surface area (Å²) in [7, 11) is 0. The molecule has 1 fully saturated rings. The maximum Gasteiger partial charge on any atom is 0.157 e. The van der Waals surface area contributed by atoms with E-state index in [-0.39, 0.29) is 6.10 Å². The summed E-state index contributed by atoms with van der Waals surface area (Å²) in [4.78, 5) is 7.10. The average molecular weight is 364 g/mol. The molecule has 27 heavy (non-hydrogen) atoms. The Morgan fingerprint density at radius 2 is 1.85 bits per heavy atom. The number of benzene rings is 1. The lowest BCUT2D eigenvalue weighted by atomic mass is 9.88. The van der Waals surface area contributed by atoms with Crippen LogP contribution in [0.2, 0.25) is 0 Å². The normalized spacial score (nSPS) is 17.0. The minimum atomic E-state index is -0.275. The van der Waals surface area contributed by atoms with E-state index in [0.717, 1.165) is 49.5 Å². The quantitative estimate of drug-likeness (QED) is 0.750. The van der Waals surface area contributed by atoms with Crippen LogP contribution >= 0.6 is 0 Å². The van der Waals surface area contributed by atoms with Crippen LogP contribution in [0.25, 0.3) is 5.65 Å². The highest BCUT2D eigenvalue weighted by Crippen LogP contribution is 2.28. The van der Waals surface area contributed by atoms with Crippen molar-refractivity contribution in [1.82, 2.24) is 14.6 Å². The first-order valence-electron chi connectivity index (χ1n) is 9.93. The summed E-state index contributed by atoms with van der Waals surface area (Å²) in [5.41, 5.74) is 3.22. The molecule has 2 aromatic heterocycles. The van der Waals surface area contributed by atoms with Crippen molar-refractivity contribution >= 4 is 11.5 Å². The average Bonchev–Trinajstić information content (AvgIpc) is 3.17. The molecule has 3 heterocycles. The topological polar surface area (TPSA) is 53.7 Å². The van der Waals surface area contributed by atoms with E-state index in [0.29, 0.717) is 11.8 Å². The minimum absolute atomic E-state index is 0.275. The molecule has 1 aromatic carbocycles. The van der Waals surface area contributed by atoms with Gasteiger partial charge in [0.2, 0.25) is 0 Å². The Labute approximate surface area is 160 Å². The molecule has 5 heteroatoms. The van der Waals surface area contributed by atoms with Crippen molar-refractivity contribution in [3.05, 3.63) is 59.9 Å². The fourth-order valence-electron chi connectivity index (χ4n) is 3.97. The number of hydrogen-bond donors (Lipinski definition) is 1. The molecule has 0 spiro atoms. The lowest BCUT2D eigenvalue weighted by molar-refractivity contribution is 0.0928. The van der Waals surface area contributed by atoms with Gasteiger partial charge in [-0.1, -0.05) is 44.2 Å². The van der Waals surface area contributed by atoms with Gasteiger partial charge in [-0.15, -0.1) is 0 Å². The van der Waals surface area contributed by atoms with Crippen molar-refractivity contribution in [3.63, 3.8) is 0 Å². The highest BCUT2D eigenvalue weighted by Gasteiger charge is 2.27. The monoisotopic (exact) mass is 364 g/mol. The summed E-state index contributed by atoms with van der Waals surface area (Å²) < 4.78 is 1.94. The number of hydrogen-bond acceptors (Lipinski definition) is 4. The Balaban J connectivity index is 1.46. The van der Waals surface area contributed by atoms with Crippen molar-refractivity contribution in [3.8, 4) is 0 Å². The molecule has 1 N–H and O–H groups in total. The van der Waals surface area contributed by atoms with E-state index in [4.69, 9.17) is 4.98 Å². The van der Waals surface area contributed by atoms with Gasteiger partial charge < -0.3 is 10.0 Å². The number of aliphatic hydroxyl groups is 1. The number of fused-ring (bicyclic) bond motifs is 1. The first-order valence-corrected chi connectivity index (χ1v) is 9.93. The molecule has 1 aliphatic heterocycles. The maximum absolute atomic E-state index is 10.7. The van der Waals surface area contributed by atoms with Crippen molar-refractivity contribution in [2.24, 2.45) is 5.92 Å². The molecule has 0 saturated carbocycles. The fourth-order valence-corrected chi connectivity index (χ4v) is 3.97. The van der Waals surface area contributed by atoms with Gasteiger partial charge in [0.25, 0.3) is 0 Å². The van der Waals surface area contributed by atoms with Gasteiger partial charge in [-0.05, 0) is 36.7 Å². The number of aliphatic hydroxyl groups excluding tert-OH is 1. The lowest BCUT2D eigenvalue weighted by Crippen LogP contribution is -2.39. The summed E-state index contributed by atoms with van der Waals surface area (Å²) >= 11 is 0. The maximum atomic E-state index is 10.7.